The zero-order chi connectivity index (χ0) is 23.7. The number of allylic oxidation sites excluding steroid dienone is 1. The van der Waals surface area contributed by atoms with Crippen molar-refractivity contribution >= 4 is 5.57 Å². The van der Waals surface area contributed by atoms with Gasteiger partial charge in [0, 0.05) is 34.5 Å². The monoisotopic (exact) mass is 466 g/mol. The molecule has 2 aliphatic rings. The van der Waals surface area contributed by atoms with Crippen molar-refractivity contribution in [3.8, 4) is 5.75 Å². The fraction of sp³-hybridized carbons (Fsp3) is 0.259. The van der Waals surface area contributed by atoms with Crippen LogP contribution in [-0.2, 0) is 17.9 Å². The van der Waals surface area contributed by atoms with Crippen molar-refractivity contribution < 1.29 is 27.4 Å². The summed E-state index contributed by atoms with van der Waals surface area (Å²) in [6.45, 7) is 1.16. The predicted octanol–water partition coefficient (Wildman–Crippen LogP) is 6.16. The first-order chi connectivity index (χ1) is 16.5. The minimum atomic E-state index is -1.03. The van der Waals surface area contributed by atoms with Gasteiger partial charge in [-0.3, -0.25) is 0 Å². The number of benzene rings is 3. The number of rotatable bonds is 5. The first-order valence-corrected chi connectivity index (χ1v) is 11.2. The highest BCUT2D eigenvalue weighted by Gasteiger charge is 2.40. The molecule has 3 aromatic rings. The van der Waals surface area contributed by atoms with Crippen molar-refractivity contribution in [2.24, 2.45) is 5.92 Å². The lowest BCUT2D eigenvalue weighted by atomic mass is 9.82. The van der Waals surface area contributed by atoms with E-state index in [1.54, 1.807) is 0 Å². The molecule has 0 aromatic heterocycles. The number of nitroso groups, excluding NO2 is 1. The lowest BCUT2D eigenvalue weighted by Crippen LogP contribution is -2.28. The van der Waals surface area contributed by atoms with Gasteiger partial charge in [0.2, 0.25) is 12.2 Å². The molecule has 0 radical (unpaired) electrons. The molecule has 0 spiro atoms. The van der Waals surface area contributed by atoms with Gasteiger partial charge in [-0.15, -0.1) is 0 Å². The van der Waals surface area contributed by atoms with Crippen LogP contribution in [0.15, 0.2) is 66.4 Å². The van der Waals surface area contributed by atoms with Gasteiger partial charge in [0.05, 0.1) is 17.1 Å². The minimum Gasteiger partial charge on any atom is -0.488 e. The van der Waals surface area contributed by atoms with Crippen molar-refractivity contribution in [2.75, 3.05) is 13.2 Å². The summed E-state index contributed by atoms with van der Waals surface area (Å²) in [6, 6.07) is 15.5. The number of hydrogen-bond donors (Lipinski definition) is 0. The van der Waals surface area contributed by atoms with Gasteiger partial charge in [-0.05, 0) is 42.2 Å². The molecule has 5 rings (SSSR count). The maximum absolute atomic E-state index is 14.8. The Kier molecular flexibility index (Phi) is 6.20. The maximum Gasteiger partial charge on any atom is 0.244 e. The summed E-state index contributed by atoms with van der Waals surface area (Å²) >= 11 is 0. The Balaban J connectivity index is 1.66. The summed E-state index contributed by atoms with van der Waals surface area (Å²) < 4.78 is 55.1. The molecule has 7 heteroatoms. The number of halogens is 3. The Morgan fingerprint density at radius 2 is 1.71 bits per heavy atom. The van der Waals surface area contributed by atoms with Crippen molar-refractivity contribution in [1.29, 1.82) is 0 Å². The molecule has 0 bridgehead atoms. The summed E-state index contributed by atoms with van der Waals surface area (Å²) in [5.41, 5.74) is 3.05. The van der Waals surface area contributed by atoms with E-state index < -0.39 is 17.5 Å². The topological polar surface area (TPSA) is 38.5 Å². The number of ether oxygens (including phenoxy) is 2. The third-order valence-corrected chi connectivity index (χ3v) is 6.32. The van der Waals surface area contributed by atoms with E-state index in [4.69, 9.17) is 9.47 Å². The molecule has 174 valence electrons. The van der Waals surface area contributed by atoms with E-state index >= 15 is 0 Å². The molecule has 1 saturated heterocycles. The van der Waals surface area contributed by atoms with Crippen LogP contribution in [0.3, 0.4) is 0 Å². The molecule has 4 nitrogen and oxygen atoms in total. The average Bonchev–Trinajstić information content (AvgIpc) is 2.85. The fourth-order valence-corrected chi connectivity index (χ4v) is 4.69. The molecule has 34 heavy (non-hydrogen) atoms. The van der Waals surface area contributed by atoms with E-state index in [2.05, 4.69) is 0 Å². The second-order valence-corrected chi connectivity index (χ2v) is 8.52. The van der Waals surface area contributed by atoms with E-state index in [1.807, 2.05) is 30.3 Å². The molecule has 0 amide bonds. The first-order valence-electron chi connectivity index (χ1n) is 11.2. The van der Waals surface area contributed by atoms with Gasteiger partial charge in [-0.2, -0.15) is 0 Å². The summed E-state index contributed by atoms with van der Waals surface area (Å²) in [6.07, 6.45) is 1.23. The third-order valence-electron chi connectivity index (χ3n) is 6.32. The standard InChI is InChI=1S/C27H23F3NO3/c28-20-13-21-22(25(14-20)34-16-17-4-2-1-3-5-17)15-31(32)27(18-8-10-33-11-9-18)26(21)19-6-7-23(29)24(30)12-19/h1-7,12-14,18H,8-11,15-16H2/q+1. The highest BCUT2D eigenvalue weighted by atomic mass is 19.2. The van der Waals surface area contributed by atoms with Crippen LogP contribution >= 0.6 is 0 Å². The van der Waals surface area contributed by atoms with Crippen LogP contribution in [0.25, 0.3) is 5.57 Å². The van der Waals surface area contributed by atoms with E-state index in [0.29, 0.717) is 54.0 Å². The Hall–Kier alpha value is -3.45. The van der Waals surface area contributed by atoms with Crippen LogP contribution in [0, 0.1) is 28.3 Å². The SMILES string of the molecule is O=[N+]1Cc2c(OCc3ccccc3)cc(F)cc2C(c2ccc(F)c(F)c2)=C1C1CCOCC1. The van der Waals surface area contributed by atoms with Crippen molar-refractivity contribution in [3.05, 3.63) is 111 Å². The molecular formula is C27H23F3NO3+. The lowest BCUT2D eigenvalue weighted by Gasteiger charge is -2.26. The van der Waals surface area contributed by atoms with E-state index in [0.717, 1.165) is 22.5 Å². The molecular weight excluding hydrogens is 443 g/mol. The second kappa shape index (κ2) is 9.43. The lowest BCUT2D eigenvalue weighted by molar-refractivity contribution is -0.524. The van der Waals surface area contributed by atoms with Gasteiger partial charge in [0.25, 0.3) is 0 Å². The maximum atomic E-state index is 14.8. The van der Waals surface area contributed by atoms with Gasteiger partial charge in [-0.25, -0.2) is 13.2 Å². The quantitative estimate of drug-likeness (QED) is 0.423. The second-order valence-electron chi connectivity index (χ2n) is 8.52. The summed E-state index contributed by atoms with van der Waals surface area (Å²) in [4.78, 5) is 13.4. The number of fused-ring (bicyclic) bond motifs is 1. The Bertz CT molecular complexity index is 1270. The highest BCUT2D eigenvalue weighted by Crippen LogP contribution is 2.43. The molecule has 0 atom stereocenters. The van der Waals surface area contributed by atoms with Crippen LogP contribution in [0.4, 0.5) is 13.2 Å². The molecule has 0 N–H and O–H groups in total. The van der Waals surface area contributed by atoms with Crippen LogP contribution in [0.2, 0.25) is 0 Å². The van der Waals surface area contributed by atoms with Gasteiger partial charge in [0.15, 0.2) is 11.6 Å². The Morgan fingerprint density at radius 3 is 2.44 bits per heavy atom. The molecule has 0 aliphatic carbocycles. The summed E-state index contributed by atoms with van der Waals surface area (Å²) in [7, 11) is 0. The van der Waals surface area contributed by atoms with Gasteiger partial charge < -0.3 is 9.47 Å². The van der Waals surface area contributed by atoms with Gasteiger partial charge in [-0.1, -0.05) is 36.4 Å². The van der Waals surface area contributed by atoms with Crippen molar-refractivity contribution in [3.63, 3.8) is 0 Å². The van der Waals surface area contributed by atoms with Gasteiger partial charge in [0.1, 0.15) is 18.2 Å². The predicted molar refractivity (Wildman–Crippen MR) is 120 cm³/mol. The summed E-state index contributed by atoms with van der Waals surface area (Å²) in [5, 5.41) is 0. The van der Waals surface area contributed by atoms with Crippen molar-refractivity contribution in [1.82, 2.24) is 0 Å². The number of hydrogen-bond acceptors (Lipinski definition) is 3. The van der Waals surface area contributed by atoms with Crippen LogP contribution < -0.4 is 4.74 Å². The Morgan fingerprint density at radius 1 is 0.941 bits per heavy atom. The molecule has 3 aromatic carbocycles. The van der Waals surface area contributed by atoms with Crippen LogP contribution in [-0.4, -0.2) is 18.0 Å². The Labute approximate surface area is 195 Å². The highest BCUT2D eigenvalue weighted by molar-refractivity contribution is 5.84. The average molecular weight is 466 g/mol. The first kappa shape index (κ1) is 22.3. The molecule has 0 unspecified atom stereocenters. The van der Waals surface area contributed by atoms with Crippen LogP contribution in [0.1, 0.15) is 35.1 Å². The number of nitrogens with zero attached hydrogens (tertiary/aromatic N) is 1. The molecule has 0 saturated carbocycles. The minimum absolute atomic E-state index is 0.0282. The van der Waals surface area contributed by atoms with Crippen LogP contribution in [0.5, 0.6) is 5.75 Å². The summed E-state index contributed by atoms with van der Waals surface area (Å²) in [5.74, 6) is -2.44. The molecule has 2 aliphatic heterocycles. The van der Waals surface area contributed by atoms with E-state index in [9.17, 15) is 18.1 Å². The van der Waals surface area contributed by atoms with E-state index in [-0.39, 0.29) is 24.8 Å². The largest absolute Gasteiger partial charge is 0.488 e. The van der Waals surface area contributed by atoms with Gasteiger partial charge >= 0.3 is 0 Å². The zero-order valence-corrected chi connectivity index (χ0v) is 18.4. The molecule has 2 heterocycles. The zero-order valence-electron chi connectivity index (χ0n) is 18.4. The smallest absolute Gasteiger partial charge is 0.244 e. The third kappa shape index (κ3) is 4.35. The normalized spacial score (nSPS) is 16.5. The van der Waals surface area contributed by atoms with E-state index in [1.165, 1.54) is 18.2 Å². The molecule has 1 fully saturated rings. The fourth-order valence-electron chi connectivity index (χ4n) is 4.69. The van der Waals surface area contributed by atoms with Crippen molar-refractivity contribution in [2.45, 2.75) is 26.0 Å².